The third-order valence-electron chi connectivity index (χ3n) is 6.06. The monoisotopic (exact) mass is 472 g/mol. The van der Waals surface area contributed by atoms with Gasteiger partial charge in [0.15, 0.2) is 0 Å². The SMILES string of the molecule is CC(CC(=O)Nc1ccc(CCC(=O)O)cc1)NC(=O)OCC1c2ccccc2-c2ccccc21. The lowest BCUT2D eigenvalue weighted by atomic mass is 9.98. The number of carbonyl (C=O) groups is 3. The number of anilines is 1. The Morgan fingerprint density at radius 1 is 0.914 bits per heavy atom. The summed E-state index contributed by atoms with van der Waals surface area (Å²) in [6.45, 7) is 1.96. The molecule has 3 aromatic carbocycles. The van der Waals surface area contributed by atoms with Crippen molar-refractivity contribution in [2.75, 3.05) is 11.9 Å². The van der Waals surface area contributed by atoms with Gasteiger partial charge in [-0.05, 0) is 53.3 Å². The number of carboxylic acids is 1. The summed E-state index contributed by atoms with van der Waals surface area (Å²) in [6.07, 6.45) is 0.0235. The summed E-state index contributed by atoms with van der Waals surface area (Å²) in [4.78, 5) is 35.5. The summed E-state index contributed by atoms with van der Waals surface area (Å²) < 4.78 is 5.54. The molecule has 1 aliphatic carbocycles. The highest BCUT2D eigenvalue weighted by molar-refractivity contribution is 5.91. The quantitative estimate of drug-likeness (QED) is 0.408. The first-order chi connectivity index (χ1) is 16.9. The van der Waals surface area contributed by atoms with Crippen LogP contribution in [-0.2, 0) is 20.7 Å². The Kier molecular flexibility index (Phi) is 7.45. The fourth-order valence-corrected chi connectivity index (χ4v) is 4.39. The van der Waals surface area contributed by atoms with Gasteiger partial charge in [0.25, 0.3) is 0 Å². The van der Waals surface area contributed by atoms with Gasteiger partial charge < -0.3 is 20.5 Å². The molecule has 0 heterocycles. The number of aliphatic carboxylic acids is 1. The van der Waals surface area contributed by atoms with Gasteiger partial charge in [-0.3, -0.25) is 9.59 Å². The van der Waals surface area contributed by atoms with Crippen LogP contribution < -0.4 is 10.6 Å². The molecule has 4 rings (SSSR count). The van der Waals surface area contributed by atoms with Gasteiger partial charge in [0.2, 0.25) is 5.91 Å². The Morgan fingerprint density at radius 3 is 2.11 bits per heavy atom. The highest BCUT2D eigenvalue weighted by atomic mass is 16.5. The first-order valence-corrected chi connectivity index (χ1v) is 11.6. The molecule has 180 valence electrons. The van der Waals surface area contributed by atoms with Crippen molar-refractivity contribution >= 4 is 23.7 Å². The zero-order valence-electron chi connectivity index (χ0n) is 19.5. The van der Waals surface area contributed by atoms with E-state index in [0.29, 0.717) is 12.1 Å². The van der Waals surface area contributed by atoms with Crippen molar-refractivity contribution in [2.45, 2.75) is 38.1 Å². The summed E-state index contributed by atoms with van der Waals surface area (Å²) in [6, 6.07) is 22.9. The summed E-state index contributed by atoms with van der Waals surface area (Å²) in [5.74, 6) is -1.11. The maximum Gasteiger partial charge on any atom is 0.407 e. The molecule has 0 fully saturated rings. The number of rotatable bonds is 9. The van der Waals surface area contributed by atoms with Gasteiger partial charge in [0.05, 0.1) is 0 Å². The van der Waals surface area contributed by atoms with Crippen molar-refractivity contribution in [3.05, 3.63) is 89.5 Å². The molecule has 0 spiro atoms. The minimum Gasteiger partial charge on any atom is -0.481 e. The number of benzene rings is 3. The summed E-state index contributed by atoms with van der Waals surface area (Å²) >= 11 is 0. The molecular weight excluding hydrogens is 444 g/mol. The molecule has 0 aliphatic heterocycles. The lowest BCUT2D eigenvalue weighted by Gasteiger charge is -2.17. The normalized spacial score (nSPS) is 12.8. The molecule has 3 aromatic rings. The van der Waals surface area contributed by atoms with Crippen molar-refractivity contribution in [1.82, 2.24) is 5.32 Å². The van der Waals surface area contributed by atoms with E-state index in [1.165, 1.54) is 0 Å². The molecule has 3 N–H and O–H groups in total. The van der Waals surface area contributed by atoms with Crippen molar-refractivity contribution < 1.29 is 24.2 Å². The van der Waals surface area contributed by atoms with Gasteiger partial charge >= 0.3 is 12.1 Å². The number of hydrogen-bond donors (Lipinski definition) is 3. The van der Waals surface area contributed by atoms with Gasteiger partial charge in [0, 0.05) is 30.5 Å². The largest absolute Gasteiger partial charge is 0.481 e. The van der Waals surface area contributed by atoms with Crippen LogP contribution in [0, 0.1) is 0 Å². The zero-order chi connectivity index (χ0) is 24.8. The number of nitrogens with one attached hydrogen (secondary N) is 2. The van der Waals surface area contributed by atoms with Gasteiger partial charge in [0.1, 0.15) is 6.61 Å². The van der Waals surface area contributed by atoms with E-state index in [2.05, 4.69) is 34.9 Å². The first kappa shape index (κ1) is 24.0. The van der Waals surface area contributed by atoms with Crippen molar-refractivity contribution in [2.24, 2.45) is 0 Å². The molecule has 1 atom stereocenters. The number of carboxylic acid groups (broad SMARTS) is 1. The number of alkyl carbamates (subject to hydrolysis) is 1. The standard InChI is InChI=1S/C28H28N2O5/c1-18(16-26(31)30-20-13-10-19(11-14-20)12-15-27(32)33)29-28(34)35-17-25-23-8-4-2-6-21(23)22-7-3-5-9-24(22)25/h2-11,13-14,18,25H,12,15-17H2,1H3,(H,29,34)(H,30,31)(H,32,33). The molecule has 7 heteroatoms. The third-order valence-corrected chi connectivity index (χ3v) is 6.06. The van der Waals surface area contributed by atoms with E-state index in [-0.39, 0.29) is 31.3 Å². The summed E-state index contributed by atoms with van der Waals surface area (Å²) in [7, 11) is 0. The Bertz CT molecular complexity index is 1180. The van der Waals surface area contributed by atoms with Crippen LogP contribution in [0.2, 0.25) is 0 Å². The Balaban J connectivity index is 1.25. The molecular formula is C28H28N2O5. The molecule has 1 unspecified atom stereocenters. The Morgan fingerprint density at radius 2 is 1.51 bits per heavy atom. The van der Waals surface area contributed by atoms with Gasteiger partial charge in [-0.25, -0.2) is 4.79 Å². The second-order valence-corrected chi connectivity index (χ2v) is 8.71. The lowest BCUT2D eigenvalue weighted by Crippen LogP contribution is -2.36. The predicted molar refractivity (Wildman–Crippen MR) is 133 cm³/mol. The number of amides is 2. The van der Waals surface area contributed by atoms with E-state index in [1.807, 2.05) is 24.3 Å². The number of fused-ring (bicyclic) bond motifs is 3. The Hall–Kier alpha value is -4.13. The molecule has 7 nitrogen and oxygen atoms in total. The number of ether oxygens (including phenoxy) is 1. The highest BCUT2D eigenvalue weighted by Crippen LogP contribution is 2.44. The molecule has 1 aliphatic rings. The molecule has 2 amide bonds. The van der Waals surface area contributed by atoms with Crippen LogP contribution in [0.15, 0.2) is 72.8 Å². The molecule has 0 radical (unpaired) electrons. The van der Waals surface area contributed by atoms with Crippen LogP contribution in [0.3, 0.4) is 0 Å². The van der Waals surface area contributed by atoms with Crippen LogP contribution in [0.4, 0.5) is 10.5 Å². The zero-order valence-corrected chi connectivity index (χ0v) is 19.5. The Labute approximate surface area is 204 Å². The van der Waals surface area contributed by atoms with Gasteiger partial charge in [-0.15, -0.1) is 0 Å². The van der Waals surface area contributed by atoms with E-state index in [0.717, 1.165) is 27.8 Å². The number of hydrogen-bond acceptors (Lipinski definition) is 4. The number of carbonyl (C=O) groups excluding carboxylic acids is 2. The van der Waals surface area contributed by atoms with E-state index < -0.39 is 18.1 Å². The van der Waals surface area contributed by atoms with E-state index >= 15 is 0 Å². The molecule has 0 aromatic heterocycles. The van der Waals surface area contributed by atoms with Crippen molar-refractivity contribution in [3.8, 4) is 11.1 Å². The van der Waals surface area contributed by atoms with Crippen LogP contribution in [0.1, 0.15) is 42.4 Å². The van der Waals surface area contributed by atoms with E-state index in [9.17, 15) is 14.4 Å². The van der Waals surface area contributed by atoms with Gasteiger partial charge in [-0.2, -0.15) is 0 Å². The topological polar surface area (TPSA) is 105 Å². The van der Waals surface area contributed by atoms with Crippen LogP contribution >= 0.6 is 0 Å². The minimum atomic E-state index is -0.847. The van der Waals surface area contributed by atoms with E-state index in [1.54, 1.807) is 31.2 Å². The second-order valence-electron chi connectivity index (χ2n) is 8.71. The average Bonchev–Trinajstić information content (AvgIpc) is 3.16. The van der Waals surface area contributed by atoms with Gasteiger partial charge in [-0.1, -0.05) is 60.7 Å². The maximum absolute atomic E-state index is 12.4. The van der Waals surface area contributed by atoms with E-state index in [4.69, 9.17) is 9.84 Å². The highest BCUT2D eigenvalue weighted by Gasteiger charge is 2.29. The molecule has 35 heavy (non-hydrogen) atoms. The fraction of sp³-hybridized carbons (Fsp3) is 0.250. The maximum atomic E-state index is 12.4. The summed E-state index contributed by atoms with van der Waals surface area (Å²) in [5.41, 5.74) is 6.11. The van der Waals surface area contributed by atoms with Crippen LogP contribution in [0.5, 0.6) is 0 Å². The van der Waals surface area contributed by atoms with Crippen LogP contribution in [-0.4, -0.2) is 35.7 Å². The number of aryl methyl sites for hydroxylation is 1. The molecule has 0 bridgehead atoms. The van der Waals surface area contributed by atoms with Crippen molar-refractivity contribution in [3.63, 3.8) is 0 Å². The minimum absolute atomic E-state index is 0.0229. The average molecular weight is 473 g/mol. The molecule has 0 saturated carbocycles. The smallest absolute Gasteiger partial charge is 0.407 e. The fourth-order valence-electron chi connectivity index (χ4n) is 4.39. The first-order valence-electron chi connectivity index (χ1n) is 11.6. The second kappa shape index (κ2) is 10.9. The third kappa shape index (κ3) is 6.06. The van der Waals surface area contributed by atoms with Crippen LogP contribution in [0.25, 0.3) is 11.1 Å². The summed E-state index contributed by atoms with van der Waals surface area (Å²) in [5, 5.41) is 14.3. The lowest BCUT2D eigenvalue weighted by molar-refractivity contribution is -0.137. The molecule has 0 saturated heterocycles. The predicted octanol–water partition coefficient (Wildman–Crippen LogP) is 4.96. The van der Waals surface area contributed by atoms with Crippen molar-refractivity contribution in [1.29, 1.82) is 0 Å².